The minimum absolute atomic E-state index is 0.0260. The van der Waals surface area contributed by atoms with Gasteiger partial charge in [0.25, 0.3) is 10.1 Å². The minimum atomic E-state index is -4.82. The van der Waals surface area contributed by atoms with Crippen LogP contribution in [-0.4, -0.2) is 46.7 Å². The number of anilines is 1. The standard InChI is InChI=1S/C15H15Cl2N3O9S3/c1-8-4-11(18)15(31(23,24)25)7-12(8)19-20-13-5-10(17)14(6-9(13)16)30(21,22)3-2-29-32(26,27)28/h4-7H,2-3,18H2,1H3,(H,23,24,25)(H,26,27,28). The number of rotatable bonds is 8. The molecule has 0 bridgehead atoms. The monoisotopic (exact) mass is 547 g/mol. The van der Waals surface area contributed by atoms with Gasteiger partial charge >= 0.3 is 10.4 Å². The summed E-state index contributed by atoms with van der Waals surface area (Å²) in [6.07, 6.45) is 0. The number of azo groups is 1. The van der Waals surface area contributed by atoms with E-state index in [4.69, 9.17) is 33.5 Å². The number of hydrogen-bond donors (Lipinski definition) is 3. The highest BCUT2D eigenvalue weighted by Gasteiger charge is 2.22. The lowest BCUT2D eigenvalue weighted by Crippen LogP contribution is -2.15. The van der Waals surface area contributed by atoms with Crippen molar-refractivity contribution in [2.75, 3.05) is 18.1 Å². The molecule has 0 aliphatic rings. The Bertz CT molecular complexity index is 1410. The van der Waals surface area contributed by atoms with E-state index in [1.54, 1.807) is 6.92 Å². The maximum atomic E-state index is 12.3. The fraction of sp³-hybridized carbons (Fsp3) is 0.200. The minimum Gasteiger partial charge on any atom is -0.398 e. The van der Waals surface area contributed by atoms with E-state index in [1.165, 1.54) is 6.07 Å². The molecule has 0 saturated carbocycles. The summed E-state index contributed by atoms with van der Waals surface area (Å²) in [5.74, 6) is -0.827. The number of hydrogen-bond acceptors (Lipinski definition) is 10. The van der Waals surface area contributed by atoms with Crippen LogP contribution in [0, 0.1) is 6.92 Å². The van der Waals surface area contributed by atoms with Crippen LogP contribution in [0.15, 0.2) is 44.3 Å². The van der Waals surface area contributed by atoms with Crippen LogP contribution in [-0.2, 0) is 34.5 Å². The fourth-order valence-corrected chi connectivity index (χ4v) is 5.30. The molecule has 4 N–H and O–H groups in total. The van der Waals surface area contributed by atoms with Crippen LogP contribution < -0.4 is 5.73 Å². The van der Waals surface area contributed by atoms with E-state index in [2.05, 4.69) is 14.4 Å². The number of nitrogen functional groups attached to an aromatic ring is 1. The molecule has 17 heteroatoms. The second kappa shape index (κ2) is 9.56. The van der Waals surface area contributed by atoms with Gasteiger partial charge in [-0.1, -0.05) is 23.2 Å². The Kier molecular flexibility index (Phi) is 7.89. The second-order valence-electron chi connectivity index (χ2n) is 6.15. The van der Waals surface area contributed by atoms with E-state index in [0.29, 0.717) is 5.56 Å². The molecule has 0 atom stereocenters. The Labute approximate surface area is 193 Å². The summed E-state index contributed by atoms with van der Waals surface area (Å²) in [7, 11) is -13.6. The van der Waals surface area contributed by atoms with Crippen LogP contribution in [0.5, 0.6) is 0 Å². The molecule has 2 rings (SSSR count). The topological polar surface area (TPSA) is 203 Å². The highest BCUT2D eigenvalue weighted by molar-refractivity contribution is 7.91. The predicted molar refractivity (Wildman–Crippen MR) is 116 cm³/mol. The van der Waals surface area contributed by atoms with Crippen molar-refractivity contribution < 1.29 is 38.5 Å². The number of nitrogens with zero attached hydrogens (tertiary/aromatic N) is 2. The lowest BCUT2D eigenvalue weighted by molar-refractivity contribution is 0.284. The summed E-state index contributed by atoms with van der Waals surface area (Å²) in [6.45, 7) is 0.695. The maximum Gasteiger partial charge on any atom is 0.397 e. The zero-order chi connectivity index (χ0) is 24.5. The molecule has 0 unspecified atom stereocenters. The van der Waals surface area contributed by atoms with Crippen molar-refractivity contribution in [2.24, 2.45) is 10.2 Å². The van der Waals surface area contributed by atoms with Gasteiger partial charge in [-0.05, 0) is 36.8 Å². The van der Waals surface area contributed by atoms with E-state index in [1.807, 2.05) is 0 Å². The predicted octanol–water partition coefficient (Wildman–Crippen LogP) is 3.14. The molecule has 0 saturated heterocycles. The van der Waals surface area contributed by atoms with Crippen molar-refractivity contribution in [3.05, 3.63) is 39.9 Å². The SMILES string of the molecule is Cc1cc(N)c(S(=O)(=O)O)cc1N=Nc1cc(Cl)c(S(=O)(=O)CCOS(=O)(=O)O)cc1Cl. The van der Waals surface area contributed by atoms with Crippen molar-refractivity contribution >= 4 is 70.6 Å². The summed E-state index contributed by atoms with van der Waals surface area (Å²) in [6, 6.07) is 4.28. The normalized spacial score (nSPS) is 13.0. The van der Waals surface area contributed by atoms with E-state index in [9.17, 15) is 29.8 Å². The molecule has 32 heavy (non-hydrogen) atoms. The van der Waals surface area contributed by atoms with Crippen LogP contribution in [0.25, 0.3) is 0 Å². The highest BCUT2D eigenvalue weighted by Crippen LogP contribution is 2.36. The molecule has 0 radical (unpaired) electrons. The van der Waals surface area contributed by atoms with E-state index in [-0.39, 0.29) is 27.1 Å². The van der Waals surface area contributed by atoms with Gasteiger partial charge < -0.3 is 5.73 Å². The molecule has 12 nitrogen and oxygen atoms in total. The summed E-state index contributed by atoms with van der Waals surface area (Å²) in [4.78, 5) is -1.02. The van der Waals surface area contributed by atoms with Gasteiger partial charge in [0.2, 0.25) is 0 Å². The third kappa shape index (κ3) is 6.82. The molecular formula is C15H15Cl2N3O9S3. The third-order valence-corrected chi connectivity index (χ3v) is 7.61. The average Bonchev–Trinajstić information content (AvgIpc) is 2.60. The number of benzene rings is 2. The molecule has 2 aromatic rings. The van der Waals surface area contributed by atoms with Crippen molar-refractivity contribution in [3.63, 3.8) is 0 Å². The first-order valence-corrected chi connectivity index (χ1v) is 13.4. The Balaban J connectivity index is 2.38. The Morgan fingerprint density at radius 2 is 1.50 bits per heavy atom. The van der Waals surface area contributed by atoms with Crippen molar-refractivity contribution in [1.82, 2.24) is 0 Å². The number of sulfone groups is 1. The second-order valence-corrected chi connectivity index (χ2v) is 11.5. The first-order valence-electron chi connectivity index (χ1n) is 8.14. The first-order chi connectivity index (χ1) is 14.5. The van der Waals surface area contributed by atoms with Crippen LogP contribution >= 0.6 is 23.2 Å². The lowest BCUT2D eigenvalue weighted by atomic mass is 10.2. The van der Waals surface area contributed by atoms with Crippen LogP contribution in [0.2, 0.25) is 10.0 Å². The van der Waals surface area contributed by atoms with Gasteiger partial charge in [-0.15, -0.1) is 5.11 Å². The van der Waals surface area contributed by atoms with Crippen LogP contribution in [0.1, 0.15) is 5.56 Å². The Morgan fingerprint density at radius 1 is 0.906 bits per heavy atom. The zero-order valence-corrected chi connectivity index (χ0v) is 19.9. The maximum absolute atomic E-state index is 12.3. The molecule has 0 aliphatic heterocycles. The van der Waals surface area contributed by atoms with Gasteiger partial charge in [-0.2, -0.15) is 21.9 Å². The molecule has 176 valence electrons. The average molecular weight is 548 g/mol. The van der Waals surface area contributed by atoms with Crippen molar-refractivity contribution in [1.29, 1.82) is 0 Å². The number of halogens is 2. The van der Waals surface area contributed by atoms with Gasteiger partial charge in [-0.25, -0.2) is 12.6 Å². The Hall–Kier alpha value is -1.85. The van der Waals surface area contributed by atoms with E-state index < -0.39 is 52.5 Å². The molecule has 0 heterocycles. The van der Waals surface area contributed by atoms with E-state index in [0.717, 1.165) is 18.2 Å². The van der Waals surface area contributed by atoms with E-state index >= 15 is 0 Å². The molecule has 0 spiro atoms. The highest BCUT2D eigenvalue weighted by atomic mass is 35.5. The first kappa shape index (κ1) is 26.4. The van der Waals surface area contributed by atoms with Crippen molar-refractivity contribution in [2.45, 2.75) is 16.7 Å². The largest absolute Gasteiger partial charge is 0.398 e. The van der Waals surface area contributed by atoms with Crippen LogP contribution in [0.3, 0.4) is 0 Å². The molecule has 2 aromatic carbocycles. The number of nitrogens with two attached hydrogens (primary N) is 1. The van der Waals surface area contributed by atoms with Gasteiger partial charge in [0, 0.05) is 0 Å². The summed E-state index contributed by atoms with van der Waals surface area (Å²) >= 11 is 12.0. The lowest BCUT2D eigenvalue weighted by Gasteiger charge is -2.09. The third-order valence-electron chi connectivity index (χ3n) is 3.79. The summed E-state index contributed by atoms with van der Waals surface area (Å²) in [5, 5.41) is 7.16. The smallest absolute Gasteiger partial charge is 0.397 e. The quantitative estimate of drug-likeness (QED) is 0.250. The van der Waals surface area contributed by atoms with Gasteiger partial charge in [0.1, 0.15) is 10.6 Å². The molecule has 0 aliphatic carbocycles. The van der Waals surface area contributed by atoms with Gasteiger partial charge in [0.15, 0.2) is 9.84 Å². The number of aryl methyl sites for hydroxylation is 1. The van der Waals surface area contributed by atoms with Gasteiger partial charge in [0.05, 0.1) is 38.7 Å². The fourth-order valence-electron chi connectivity index (χ4n) is 2.33. The summed E-state index contributed by atoms with van der Waals surface area (Å²) in [5.41, 5.74) is 5.75. The van der Waals surface area contributed by atoms with Gasteiger partial charge in [-0.3, -0.25) is 9.11 Å². The summed E-state index contributed by atoms with van der Waals surface area (Å²) < 4.78 is 90.3. The molecule has 0 amide bonds. The molecule has 0 fully saturated rings. The van der Waals surface area contributed by atoms with Crippen LogP contribution in [0.4, 0.5) is 17.1 Å². The van der Waals surface area contributed by atoms with Crippen molar-refractivity contribution in [3.8, 4) is 0 Å². The molecular weight excluding hydrogens is 533 g/mol. The zero-order valence-electron chi connectivity index (χ0n) is 15.9. The molecule has 0 aromatic heterocycles. The Morgan fingerprint density at radius 3 is 2.06 bits per heavy atom.